The van der Waals surface area contributed by atoms with Crippen LogP contribution in [0.2, 0.25) is 0 Å². The normalized spacial score (nSPS) is 31.8. The first-order chi connectivity index (χ1) is 5.98. The second kappa shape index (κ2) is 3.82. The lowest BCUT2D eigenvalue weighted by Crippen LogP contribution is -2.39. The van der Waals surface area contributed by atoms with E-state index in [-0.39, 0.29) is 0 Å². The Labute approximate surface area is 90.1 Å². The summed E-state index contributed by atoms with van der Waals surface area (Å²) in [6.45, 7) is 0. The number of hydrogen-bond donors (Lipinski definition) is 0. The van der Waals surface area contributed by atoms with Crippen LogP contribution in [0.1, 0.15) is 0 Å². The molecule has 0 radical (unpaired) electrons. The lowest BCUT2D eigenvalue weighted by atomic mass is 9.89. The SMILES string of the molecule is O=C(Cl)C1C=CC=CC1(Cl)C(=O)Cl. The predicted molar refractivity (Wildman–Crippen MR) is 52.1 cm³/mol. The summed E-state index contributed by atoms with van der Waals surface area (Å²) in [4.78, 5) is 20.3. The molecule has 0 heterocycles. The Hall–Kier alpha value is -0.310. The molecular formula is C8H5Cl3O2. The topological polar surface area (TPSA) is 34.1 Å². The van der Waals surface area contributed by atoms with Gasteiger partial charge in [-0.1, -0.05) is 24.3 Å². The lowest BCUT2D eigenvalue weighted by Gasteiger charge is -2.25. The van der Waals surface area contributed by atoms with E-state index in [9.17, 15) is 9.59 Å². The molecule has 1 aliphatic rings. The van der Waals surface area contributed by atoms with Crippen molar-refractivity contribution >= 4 is 45.3 Å². The first-order valence-corrected chi connectivity index (χ1v) is 4.56. The van der Waals surface area contributed by atoms with Crippen LogP contribution in [-0.4, -0.2) is 15.4 Å². The summed E-state index contributed by atoms with van der Waals surface area (Å²) >= 11 is 16.4. The molecule has 0 saturated carbocycles. The second-order valence-corrected chi connectivity index (χ2v) is 3.91. The van der Waals surface area contributed by atoms with Gasteiger partial charge in [-0.2, -0.15) is 0 Å². The zero-order chi connectivity index (χ0) is 10.1. The molecule has 0 N–H and O–H groups in total. The molecule has 0 aromatic carbocycles. The maximum Gasteiger partial charge on any atom is 0.247 e. The fourth-order valence-corrected chi connectivity index (χ4v) is 1.77. The molecule has 0 saturated heterocycles. The van der Waals surface area contributed by atoms with Gasteiger partial charge in [-0.15, -0.1) is 11.6 Å². The summed E-state index contributed by atoms with van der Waals surface area (Å²) in [6.07, 6.45) is 5.94. The first kappa shape index (κ1) is 10.8. The van der Waals surface area contributed by atoms with Crippen molar-refractivity contribution in [2.24, 2.45) is 5.92 Å². The minimum Gasteiger partial charge on any atom is -0.281 e. The molecule has 5 heteroatoms. The van der Waals surface area contributed by atoms with Gasteiger partial charge >= 0.3 is 0 Å². The third-order valence-corrected chi connectivity index (χ3v) is 2.93. The van der Waals surface area contributed by atoms with Crippen molar-refractivity contribution in [3.05, 3.63) is 24.3 Å². The molecular weight excluding hydrogens is 234 g/mol. The smallest absolute Gasteiger partial charge is 0.247 e. The highest BCUT2D eigenvalue weighted by Gasteiger charge is 2.44. The van der Waals surface area contributed by atoms with Crippen LogP contribution in [-0.2, 0) is 9.59 Å². The summed E-state index contributed by atoms with van der Waals surface area (Å²) in [5, 5.41) is -1.52. The molecule has 70 valence electrons. The fraction of sp³-hybridized carbons (Fsp3) is 0.250. The van der Waals surface area contributed by atoms with Gasteiger partial charge in [-0.05, 0) is 23.2 Å². The number of rotatable bonds is 2. The molecule has 2 atom stereocenters. The fourth-order valence-electron chi connectivity index (χ4n) is 1.04. The number of halogens is 3. The van der Waals surface area contributed by atoms with Crippen LogP contribution in [0.15, 0.2) is 24.3 Å². The van der Waals surface area contributed by atoms with E-state index in [1.54, 1.807) is 12.2 Å². The van der Waals surface area contributed by atoms with Crippen LogP contribution in [0.3, 0.4) is 0 Å². The van der Waals surface area contributed by atoms with Crippen LogP contribution in [0, 0.1) is 5.92 Å². The van der Waals surface area contributed by atoms with Crippen molar-refractivity contribution in [3.63, 3.8) is 0 Å². The van der Waals surface area contributed by atoms with E-state index < -0.39 is 21.3 Å². The molecule has 2 nitrogen and oxygen atoms in total. The largest absolute Gasteiger partial charge is 0.281 e. The summed E-state index contributed by atoms with van der Waals surface area (Å²) in [6, 6.07) is 0. The highest BCUT2D eigenvalue weighted by molar-refractivity contribution is 6.73. The molecule has 0 aromatic rings. The number of hydrogen-bond acceptors (Lipinski definition) is 2. The first-order valence-electron chi connectivity index (χ1n) is 3.42. The average molecular weight is 239 g/mol. The molecule has 0 amide bonds. The zero-order valence-corrected chi connectivity index (χ0v) is 8.60. The quantitative estimate of drug-likeness (QED) is 0.547. The third kappa shape index (κ3) is 1.96. The Morgan fingerprint density at radius 1 is 1.23 bits per heavy atom. The number of alkyl halides is 1. The lowest BCUT2D eigenvalue weighted by molar-refractivity contribution is -0.120. The zero-order valence-electron chi connectivity index (χ0n) is 6.34. The summed E-state index contributed by atoms with van der Waals surface area (Å²) in [5.41, 5.74) is 0. The van der Waals surface area contributed by atoms with Gasteiger partial charge in [0, 0.05) is 0 Å². The molecule has 1 aliphatic carbocycles. The molecule has 1 rings (SSSR count). The van der Waals surface area contributed by atoms with Crippen molar-refractivity contribution in [1.29, 1.82) is 0 Å². The number of allylic oxidation sites excluding steroid dienone is 4. The van der Waals surface area contributed by atoms with E-state index in [0.717, 1.165) is 0 Å². The van der Waals surface area contributed by atoms with Crippen LogP contribution in [0.25, 0.3) is 0 Å². The van der Waals surface area contributed by atoms with Gasteiger partial charge in [0.15, 0.2) is 4.87 Å². The molecule has 2 unspecified atom stereocenters. The summed E-state index contributed by atoms with van der Waals surface area (Å²) in [5.74, 6) is -0.897. The van der Waals surface area contributed by atoms with Crippen molar-refractivity contribution in [2.75, 3.05) is 0 Å². The van der Waals surface area contributed by atoms with Gasteiger partial charge < -0.3 is 0 Å². The van der Waals surface area contributed by atoms with E-state index in [1.807, 2.05) is 0 Å². The minimum absolute atomic E-state index is 0.704. The Kier molecular flexibility index (Phi) is 3.17. The van der Waals surface area contributed by atoms with Gasteiger partial charge in [-0.25, -0.2) is 0 Å². The van der Waals surface area contributed by atoms with E-state index in [4.69, 9.17) is 34.8 Å². The molecule has 0 bridgehead atoms. The van der Waals surface area contributed by atoms with Crippen LogP contribution in [0.4, 0.5) is 0 Å². The van der Waals surface area contributed by atoms with E-state index in [0.29, 0.717) is 0 Å². The van der Waals surface area contributed by atoms with Gasteiger partial charge in [0.1, 0.15) is 0 Å². The van der Waals surface area contributed by atoms with Gasteiger partial charge in [-0.3, -0.25) is 9.59 Å². The van der Waals surface area contributed by atoms with E-state index in [2.05, 4.69) is 0 Å². The molecule has 0 aromatic heterocycles. The Balaban J connectivity index is 3.07. The van der Waals surface area contributed by atoms with Gasteiger partial charge in [0.2, 0.25) is 10.5 Å². The van der Waals surface area contributed by atoms with Crippen LogP contribution < -0.4 is 0 Å². The van der Waals surface area contributed by atoms with Gasteiger partial charge in [0.25, 0.3) is 0 Å². The monoisotopic (exact) mass is 238 g/mol. The van der Waals surface area contributed by atoms with E-state index in [1.165, 1.54) is 12.2 Å². The van der Waals surface area contributed by atoms with Crippen molar-refractivity contribution in [3.8, 4) is 0 Å². The standard InChI is InChI=1S/C8H5Cl3O2/c9-6(12)5-3-1-2-4-8(5,11)7(10)13/h1-5H. The Morgan fingerprint density at radius 2 is 1.85 bits per heavy atom. The van der Waals surface area contributed by atoms with Gasteiger partial charge in [0.05, 0.1) is 5.92 Å². The minimum atomic E-state index is -1.53. The molecule has 0 fully saturated rings. The summed E-state index contributed by atoms with van der Waals surface area (Å²) in [7, 11) is 0. The summed E-state index contributed by atoms with van der Waals surface area (Å²) < 4.78 is 0. The highest BCUT2D eigenvalue weighted by atomic mass is 35.5. The number of carbonyl (C=O) groups excluding carboxylic acids is 2. The Bertz CT molecular complexity index is 309. The highest BCUT2D eigenvalue weighted by Crippen LogP contribution is 2.35. The maximum absolute atomic E-state index is 11.0. The Morgan fingerprint density at radius 3 is 2.23 bits per heavy atom. The van der Waals surface area contributed by atoms with Crippen molar-refractivity contribution < 1.29 is 9.59 Å². The van der Waals surface area contributed by atoms with Crippen molar-refractivity contribution in [2.45, 2.75) is 4.87 Å². The van der Waals surface area contributed by atoms with Crippen molar-refractivity contribution in [1.82, 2.24) is 0 Å². The maximum atomic E-state index is 11.0. The van der Waals surface area contributed by atoms with Crippen LogP contribution in [0.5, 0.6) is 0 Å². The third-order valence-electron chi connectivity index (χ3n) is 1.75. The second-order valence-electron chi connectivity index (χ2n) is 2.57. The molecule has 0 aliphatic heterocycles. The molecule has 0 spiro atoms. The molecule has 13 heavy (non-hydrogen) atoms. The number of carbonyl (C=O) groups is 2. The predicted octanol–water partition coefficient (Wildman–Crippen LogP) is 2.24. The van der Waals surface area contributed by atoms with Crippen LogP contribution >= 0.6 is 34.8 Å². The van der Waals surface area contributed by atoms with E-state index >= 15 is 0 Å². The average Bonchev–Trinajstić information content (AvgIpc) is 2.04.